The van der Waals surface area contributed by atoms with Crippen molar-refractivity contribution in [3.63, 3.8) is 0 Å². The SMILES string of the molecule is CC.CC(=O)CCC(NC(=O)[C@H](CCCCN)NC(C)=O)C(=O)OC(C)C. The molecule has 0 bridgehead atoms. The molecular formula is C19H37N3O5. The molecule has 0 aliphatic heterocycles. The van der Waals surface area contributed by atoms with Crippen molar-refractivity contribution in [3.8, 4) is 0 Å². The van der Waals surface area contributed by atoms with Crippen LogP contribution in [0.1, 0.15) is 73.6 Å². The molecule has 0 aromatic heterocycles. The van der Waals surface area contributed by atoms with Gasteiger partial charge < -0.3 is 25.9 Å². The number of nitrogens with one attached hydrogen (secondary N) is 2. The van der Waals surface area contributed by atoms with Gasteiger partial charge in [0.1, 0.15) is 17.9 Å². The summed E-state index contributed by atoms with van der Waals surface area (Å²) in [6.07, 6.45) is 1.79. The number of carbonyl (C=O) groups excluding carboxylic acids is 4. The highest BCUT2D eigenvalue weighted by Crippen LogP contribution is 2.06. The fourth-order valence-electron chi connectivity index (χ4n) is 2.19. The number of Topliss-reactive ketones (excluding diaryl/α,β-unsaturated/α-hetero) is 1. The molecule has 2 amide bonds. The molecule has 158 valence electrons. The monoisotopic (exact) mass is 387 g/mol. The van der Waals surface area contributed by atoms with Crippen LogP contribution in [0.15, 0.2) is 0 Å². The van der Waals surface area contributed by atoms with Crippen molar-refractivity contribution in [2.75, 3.05) is 6.54 Å². The number of rotatable bonds is 12. The van der Waals surface area contributed by atoms with Crippen LogP contribution in [-0.4, -0.2) is 48.3 Å². The number of hydrogen-bond donors (Lipinski definition) is 3. The highest BCUT2D eigenvalue weighted by Gasteiger charge is 2.27. The van der Waals surface area contributed by atoms with Gasteiger partial charge in [-0.05, 0) is 53.0 Å². The van der Waals surface area contributed by atoms with Crippen LogP contribution in [0.2, 0.25) is 0 Å². The molecule has 0 heterocycles. The van der Waals surface area contributed by atoms with E-state index in [1.807, 2.05) is 13.8 Å². The molecule has 0 radical (unpaired) electrons. The molecule has 0 aliphatic rings. The first kappa shape index (κ1) is 27.3. The average Bonchev–Trinajstić information content (AvgIpc) is 2.58. The number of carbonyl (C=O) groups is 4. The number of nitrogens with two attached hydrogens (primary N) is 1. The van der Waals surface area contributed by atoms with Crippen LogP contribution in [0.3, 0.4) is 0 Å². The van der Waals surface area contributed by atoms with Crippen LogP contribution >= 0.6 is 0 Å². The molecule has 8 heteroatoms. The Kier molecular flexibility index (Phi) is 16.4. The minimum atomic E-state index is -0.926. The van der Waals surface area contributed by atoms with Gasteiger partial charge in [-0.1, -0.05) is 13.8 Å². The van der Waals surface area contributed by atoms with Crippen LogP contribution in [0.4, 0.5) is 0 Å². The van der Waals surface area contributed by atoms with Crippen molar-refractivity contribution in [1.29, 1.82) is 0 Å². The lowest BCUT2D eigenvalue weighted by Crippen LogP contribution is -2.51. The van der Waals surface area contributed by atoms with Crippen molar-refractivity contribution >= 4 is 23.6 Å². The van der Waals surface area contributed by atoms with Crippen molar-refractivity contribution in [3.05, 3.63) is 0 Å². The van der Waals surface area contributed by atoms with E-state index in [0.29, 0.717) is 19.4 Å². The van der Waals surface area contributed by atoms with Crippen LogP contribution < -0.4 is 16.4 Å². The fourth-order valence-corrected chi connectivity index (χ4v) is 2.19. The van der Waals surface area contributed by atoms with E-state index in [2.05, 4.69) is 10.6 Å². The van der Waals surface area contributed by atoms with Gasteiger partial charge in [0, 0.05) is 13.3 Å². The first-order valence-electron chi connectivity index (χ1n) is 9.64. The van der Waals surface area contributed by atoms with E-state index in [-0.39, 0.29) is 30.6 Å². The molecule has 8 nitrogen and oxygen atoms in total. The van der Waals surface area contributed by atoms with Crippen molar-refractivity contribution in [2.45, 2.75) is 91.8 Å². The second-order valence-electron chi connectivity index (χ2n) is 6.33. The minimum Gasteiger partial charge on any atom is -0.461 e. The maximum Gasteiger partial charge on any atom is 0.328 e. The Bertz CT molecular complexity index is 466. The van der Waals surface area contributed by atoms with Gasteiger partial charge in [-0.3, -0.25) is 9.59 Å². The number of amides is 2. The smallest absolute Gasteiger partial charge is 0.328 e. The lowest BCUT2D eigenvalue weighted by Gasteiger charge is -2.23. The Morgan fingerprint density at radius 3 is 1.96 bits per heavy atom. The molecule has 0 saturated carbocycles. The zero-order valence-corrected chi connectivity index (χ0v) is 17.6. The molecule has 0 aromatic carbocycles. The maximum atomic E-state index is 12.5. The fraction of sp³-hybridized carbons (Fsp3) is 0.789. The zero-order valence-electron chi connectivity index (χ0n) is 17.6. The summed E-state index contributed by atoms with van der Waals surface area (Å²) in [5, 5.41) is 5.18. The third kappa shape index (κ3) is 14.9. The first-order chi connectivity index (χ1) is 12.7. The quantitative estimate of drug-likeness (QED) is 0.343. The van der Waals surface area contributed by atoms with Crippen LogP contribution in [0, 0.1) is 0 Å². The molecule has 0 spiro atoms. The summed E-state index contributed by atoms with van der Waals surface area (Å²) in [6, 6.07) is -1.68. The van der Waals surface area contributed by atoms with Gasteiger partial charge >= 0.3 is 5.97 Å². The summed E-state index contributed by atoms with van der Waals surface area (Å²) in [7, 11) is 0. The normalized spacial score (nSPS) is 12.3. The van der Waals surface area contributed by atoms with Gasteiger partial charge in [0.15, 0.2) is 0 Å². The average molecular weight is 388 g/mol. The number of hydrogen-bond acceptors (Lipinski definition) is 6. The Hall–Kier alpha value is -1.96. The molecule has 0 rings (SSSR count). The highest BCUT2D eigenvalue weighted by atomic mass is 16.5. The molecule has 2 atom stereocenters. The lowest BCUT2D eigenvalue weighted by molar-refractivity contribution is -0.152. The van der Waals surface area contributed by atoms with Crippen LogP contribution in [0.5, 0.6) is 0 Å². The summed E-state index contributed by atoms with van der Waals surface area (Å²) < 4.78 is 5.14. The van der Waals surface area contributed by atoms with Gasteiger partial charge in [-0.25, -0.2) is 4.79 Å². The summed E-state index contributed by atoms with van der Waals surface area (Å²) in [5.74, 6) is -1.48. The number of ketones is 1. The maximum absolute atomic E-state index is 12.5. The second-order valence-corrected chi connectivity index (χ2v) is 6.33. The minimum absolute atomic E-state index is 0.0852. The molecule has 0 aromatic rings. The van der Waals surface area contributed by atoms with Crippen LogP contribution in [-0.2, 0) is 23.9 Å². The van der Waals surface area contributed by atoms with Gasteiger partial charge in [0.25, 0.3) is 0 Å². The van der Waals surface area contributed by atoms with Gasteiger partial charge in [-0.2, -0.15) is 0 Å². The molecule has 0 saturated heterocycles. The summed E-state index contributed by atoms with van der Waals surface area (Å²) in [5.41, 5.74) is 5.45. The molecule has 0 aliphatic carbocycles. The van der Waals surface area contributed by atoms with Gasteiger partial charge in [-0.15, -0.1) is 0 Å². The zero-order chi connectivity index (χ0) is 21.4. The molecule has 27 heavy (non-hydrogen) atoms. The van der Waals surface area contributed by atoms with E-state index in [9.17, 15) is 19.2 Å². The molecule has 0 fully saturated rings. The Balaban J connectivity index is 0. The van der Waals surface area contributed by atoms with E-state index < -0.39 is 24.0 Å². The lowest BCUT2D eigenvalue weighted by atomic mass is 10.1. The van der Waals surface area contributed by atoms with Crippen LogP contribution in [0.25, 0.3) is 0 Å². The van der Waals surface area contributed by atoms with E-state index in [1.165, 1.54) is 13.8 Å². The van der Waals surface area contributed by atoms with Gasteiger partial charge in [0.2, 0.25) is 11.8 Å². The highest BCUT2D eigenvalue weighted by molar-refractivity contribution is 5.90. The predicted molar refractivity (Wildman–Crippen MR) is 105 cm³/mol. The summed E-state index contributed by atoms with van der Waals surface area (Å²) >= 11 is 0. The van der Waals surface area contributed by atoms with Crippen molar-refractivity contribution < 1.29 is 23.9 Å². The Morgan fingerprint density at radius 2 is 1.52 bits per heavy atom. The van der Waals surface area contributed by atoms with E-state index in [0.717, 1.165) is 6.42 Å². The molecule has 1 unspecified atom stereocenters. The van der Waals surface area contributed by atoms with E-state index >= 15 is 0 Å². The summed E-state index contributed by atoms with van der Waals surface area (Å²) in [4.78, 5) is 47.1. The van der Waals surface area contributed by atoms with Crippen molar-refractivity contribution in [2.24, 2.45) is 5.73 Å². The predicted octanol–water partition coefficient (Wildman–Crippen LogP) is 1.45. The van der Waals surface area contributed by atoms with Gasteiger partial charge in [0.05, 0.1) is 6.10 Å². The Labute approximate surface area is 163 Å². The largest absolute Gasteiger partial charge is 0.461 e. The number of unbranched alkanes of at least 4 members (excludes halogenated alkanes) is 1. The number of esters is 1. The summed E-state index contributed by atoms with van der Waals surface area (Å²) in [6.45, 7) is 10.6. The molecule has 4 N–H and O–H groups in total. The third-order valence-electron chi connectivity index (χ3n) is 3.38. The standard InChI is InChI=1S/C17H31N3O5.C2H6/c1-11(2)25-17(24)15(9-8-12(3)21)20-16(23)14(19-13(4)22)7-5-6-10-18;1-2/h11,14-15H,5-10,18H2,1-4H3,(H,19,22)(H,20,23);1-2H3/t14-,15?;/m0./s1. The topological polar surface area (TPSA) is 128 Å². The van der Waals surface area contributed by atoms with Crippen molar-refractivity contribution in [1.82, 2.24) is 10.6 Å². The Morgan fingerprint density at radius 1 is 0.926 bits per heavy atom. The van der Waals surface area contributed by atoms with E-state index in [4.69, 9.17) is 10.5 Å². The second kappa shape index (κ2) is 16.2. The molecular weight excluding hydrogens is 350 g/mol. The first-order valence-corrected chi connectivity index (χ1v) is 9.64. The van der Waals surface area contributed by atoms with E-state index in [1.54, 1.807) is 13.8 Å². The number of ether oxygens (including phenoxy) is 1. The third-order valence-corrected chi connectivity index (χ3v) is 3.38.